The molecule has 4 rings (SSSR count). The number of carbonyl (C=O) groups excluding carboxylic acids is 1. The van der Waals surface area contributed by atoms with Gasteiger partial charge >= 0.3 is 0 Å². The summed E-state index contributed by atoms with van der Waals surface area (Å²) < 4.78 is 5.49. The largest absolute Gasteiger partial charge is 0.378 e. The molecule has 7 nitrogen and oxygen atoms in total. The highest BCUT2D eigenvalue weighted by Gasteiger charge is 2.27. The Balaban J connectivity index is 1.41. The van der Waals surface area contributed by atoms with Gasteiger partial charge in [0.2, 0.25) is 5.91 Å². The molecule has 0 spiro atoms. The van der Waals surface area contributed by atoms with Gasteiger partial charge in [-0.25, -0.2) is 9.97 Å². The smallest absolute Gasteiger partial charge is 0.228 e. The van der Waals surface area contributed by atoms with Gasteiger partial charge in [-0.3, -0.25) is 9.78 Å². The van der Waals surface area contributed by atoms with E-state index in [-0.39, 0.29) is 5.91 Å². The first-order valence-corrected chi connectivity index (χ1v) is 10.5. The van der Waals surface area contributed by atoms with E-state index >= 15 is 0 Å². The number of rotatable bonds is 4. The van der Waals surface area contributed by atoms with Crippen LogP contribution in [0.2, 0.25) is 0 Å². The molecule has 0 bridgehead atoms. The van der Waals surface area contributed by atoms with Gasteiger partial charge in [-0.05, 0) is 38.8 Å². The Bertz CT molecular complexity index is 844. The summed E-state index contributed by atoms with van der Waals surface area (Å²) >= 11 is 0. The van der Waals surface area contributed by atoms with Crippen LogP contribution in [-0.2, 0) is 16.0 Å². The maximum absolute atomic E-state index is 12.6. The van der Waals surface area contributed by atoms with Crippen LogP contribution in [0, 0.1) is 13.8 Å². The van der Waals surface area contributed by atoms with E-state index in [0.717, 1.165) is 80.8 Å². The van der Waals surface area contributed by atoms with Crippen molar-refractivity contribution in [2.24, 2.45) is 0 Å². The molecular formula is C22H29N5O2. The van der Waals surface area contributed by atoms with Gasteiger partial charge in [0.15, 0.2) is 0 Å². The summed E-state index contributed by atoms with van der Waals surface area (Å²) in [6.07, 6.45) is 3.91. The number of ether oxygens (including phenoxy) is 1. The Morgan fingerprint density at radius 2 is 1.86 bits per heavy atom. The fraction of sp³-hybridized carbons (Fsp3) is 0.545. The maximum atomic E-state index is 12.6. The summed E-state index contributed by atoms with van der Waals surface area (Å²) in [5.74, 6) is 2.42. The highest BCUT2D eigenvalue weighted by Crippen LogP contribution is 2.29. The number of hydrogen-bond acceptors (Lipinski definition) is 6. The average Bonchev–Trinajstić information content (AvgIpc) is 2.77. The number of aryl methyl sites for hydroxylation is 1. The zero-order valence-corrected chi connectivity index (χ0v) is 17.3. The molecule has 2 aliphatic rings. The zero-order valence-electron chi connectivity index (χ0n) is 17.3. The van der Waals surface area contributed by atoms with E-state index < -0.39 is 0 Å². The van der Waals surface area contributed by atoms with E-state index in [1.54, 1.807) is 6.20 Å². The molecular weight excluding hydrogens is 366 g/mol. The van der Waals surface area contributed by atoms with Gasteiger partial charge in [0.25, 0.3) is 0 Å². The lowest BCUT2D eigenvalue weighted by Crippen LogP contribution is -2.40. The molecule has 2 fully saturated rings. The number of aromatic nitrogens is 3. The number of amides is 1. The fourth-order valence-electron chi connectivity index (χ4n) is 4.06. The lowest BCUT2D eigenvalue weighted by molar-refractivity contribution is -0.131. The SMILES string of the molecule is Cc1nc(C2CCN(C(=O)Cc3ccccn3)CC2)nc(N2CCOCC2)c1C. The number of anilines is 1. The molecule has 2 aromatic rings. The molecule has 4 heterocycles. The van der Waals surface area contributed by atoms with E-state index in [1.165, 1.54) is 0 Å². The molecule has 0 saturated carbocycles. The molecule has 154 valence electrons. The van der Waals surface area contributed by atoms with E-state index in [1.807, 2.05) is 23.1 Å². The summed E-state index contributed by atoms with van der Waals surface area (Å²) in [5, 5.41) is 0. The maximum Gasteiger partial charge on any atom is 0.228 e. The van der Waals surface area contributed by atoms with Crippen molar-refractivity contribution >= 4 is 11.7 Å². The molecule has 2 aliphatic heterocycles. The molecule has 0 aliphatic carbocycles. The number of piperidine rings is 1. The topological polar surface area (TPSA) is 71.5 Å². The average molecular weight is 396 g/mol. The van der Waals surface area contributed by atoms with Crippen molar-refractivity contribution < 1.29 is 9.53 Å². The number of morpholine rings is 1. The van der Waals surface area contributed by atoms with Crippen molar-refractivity contribution in [3.63, 3.8) is 0 Å². The first kappa shape index (κ1) is 19.8. The van der Waals surface area contributed by atoms with Crippen LogP contribution >= 0.6 is 0 Å². The quantitative estimate of drug-likeness (QED) is 0.791. The number of nitrogens with zero attached hydrogens (tertiary/aromatic N) is 5. The number of likely N-dealkylation sites (tertiary alicyclic amines) is 1. The number of pyridine rings is 1. The third-order valence-corrected chi connectivity index (χ3v) is 5.96. The van der Waals surface area contributed by atoms with Crippen molar-refractivity contribution in [3.8, 4) is 0 Å². The molecule has 0 aromatic carbocycles. The van der Waals surface area contributed by atoms with Gasteiger partial charge in [0.1, 0.15) is 11.6 Å². The molecule has 2 aromatic heterocycles. The van der Waals surface area contributed by atoms with Crippen molar-refractivity contribution in [2.75, 3.05) is 44.3 Å². The van der Waals surface area contributed by atoms with Crippen molar-refractivity contribution in [1.29, 1.82) is 0 Å². The molecule has 0 atom stereocenters. The second kappa shape index (κ2) is 8.86. The van der Waals surface area contributed by atoms with Crippen LogP contribution in [-0.4, -0.2) is 65.2 Å². The molecule has 0 N–H and O–H groups in total. The van der Waals surface area contributed by atoms with Gasteiger partial charge in [-0.15, -0.1) is 0 Å². The second-order valence-corrected chi connectivity index (χ2v) is 7.87. The van der Waals surface area contributed by atoms with Gasteiger partial charge in [-0.2, -0.15) is 0 Å². The van der Waals surface area contributed by atoms with E-state index in [4.69, 9.17) is 14.7 Å². The third kappa shape index (κ3) is 4.56. The number of hydrogen-bond donors (Lipinski definition) is 0. The van der Waals surface area contributed by atoms with Gasteiger partial charge in [0.05, 0.1) is 19.6 Å². The lowest BCUT2D eigenvalue weighted by atomic mass is 9.95. The standard InChI is InChI=1S/C22H29N5O2/c1-16-17(2)24-21(25-22(16)27-11-13-29-14-12-27)18-6-9-26(10-7-18)20(28)15-19-5-3-4-8-23-19/h3-5,8,18H,6-7,9-15H2,1-2H3. The molecule has 29 heavy (non-hydrogen) atoms. The Labute approximate surface area is 172 Å². The van der Waals surface area contributed by atoms with Gasteiger partial charge < -0.3 is 14.5 Å². The predicted molar refractivity (Wildman–Crippen MR) is 111 cm³/mol. The summed E-state index contributed by atoms with van der Waals surface area (Å²) in [6.45, 7) is 8.90. The molecule has 2 saturated heterocycles. The van der Waals surface area contributed by atoms with Crippen LogP contribution < -0.4 is 4.90 Å². The second-order valence-electron chi connectivity index (χ2n) is 7.87. The van der Waals surface area contributed by atoms with E-state index in [0.29, 0.717) is 12.3 Å². The zero-order chi connectivity index (χ0) is 20.2. The summed E-state index contributed by atoms with van der Waals surface area (Å²) in [5.41, 5.74) is 3.02. The van der Waals surface area contributed by atoms with Crippen LogP contribution in [0.15, 0.2) is 24.4 Å². The van der Waals surface area contributed by atoms with E-state index in [9.17, 15) is 4.79 Å². The van der Waals surface area contributed by atoms with E-state index in [2.05, 4.69) is 23.7 Å². The molecule has 7 heteroatoms. The minimum Gasteiger partial charge on any atom is -0.378 e. The number of carbonyl (C=O) groups is 1. The Hall–Kier alpha value is -2.54. The van der Waals surface area contributed by atoms with Gasteiger partial charge in [-0.1, -0.05) is 6.07 Å². The Morgan fingerprint density at radius 1 is 1.10 bits per heavy atom. The fourth-order valence-corrected chi connectivity index (χ4v) is 4.06. The summed E-state index contributed by atoms with van der Waals surface area (Å²) in [7, 11) is 0. The first-order chi connectivity index (χ1) is 14.1. The van der Waals surface area contributed by atoms with Gasteiger partial charge in [0, 0.05) is 55.2 Å². The normalized spacial score (nSPS) is 18.1. The van der Waals surface area contributed by atoms with Crippen LogP contribution in [0.1, 0.15) is 41.5 Å². The minimum atomic E-state index is 0.150. The Kier molecular flexibility index (Phi) is 6.04. The molecule has 0 unspecified atom stereocenters. The van der Waals surface area contributed by atoms with Crippen LogP contribution in [0.3, 0.4) is 0 Å². The summed E-state index contributed by atoms with van der Waals surface area (Å²) in [4.78, 5) is 30.9. The minimum absolute atomic E-state index is 0.150. The van der Waals surface area contributed by atoms with Crippen molar-refractivity contribution in [2.45, 2.75) is 39.0 Å². The van der Waals surface area contributed by atoms with Crippen LogP contribution in [0.5, 0.6) is 0 Å². The highest BCUT2D eigenvalue weighted by molar-refractivity contribution is 5.78. The Morgan fingerprint density at radius 3 is 2.55 bits per heavy atom. The lowest BCUT2D eigenvalue weighted by Gasteiger charge is -2.33. The highest BCUT2D eigenvalue weighted by atomic mass is 16.5. The third-order valence-electron chi connectivity index (χ3n) is 5.96. The summed E-state index contributed by atoms with van der Waals surface area (Å²) in [6, 6.07) is 5.69. The molecule has 1 amide bonds. The first-order valence-electron chi connectivity index (χ1n) is 10.5. The van der Waals surface area contributed by atoms with Crippen molar-refractivity contribution in [1.82, 2.24) is 19.9 Å². The van der Waals surface area contributed by atoms with Crippen molar-refractivity contribution in [3.05, 3.63) is 47.2 Å². The monoisotopic (exact) mass is 395 g/mol. The van der Waals surface area contributed by atoms with Crippen LogP contribution in [0.4, 0.5) is 5.82 Å². The van der Waals surface area contributed by atoms with Crippen LogP contribution in [0.25, 0.3) is 0 Å². The molecule has 0 radical (unpaired) electrons. The predicted octanol–water partition coefficient (Wildman–Crippen LogP) is 2.27.